The molecule has 0 aliphatic carbocycles. The number of thiazole rings is 1. The maximum atomic E-state index is 8.56. The number of hydrogen-bond acceptors (Lipinski definition) is 5. The third-order valence-electron chi connectivity index (χ3n) is 1.79. The highest BCUT2D eigenvalue weighted by Gasteiger charge is 2.09. The molecule has 0 unspecified atom stereocenters. The van der Waals surface area contributed by atoms with E-state index in [-0.39, 0.29) is 0 Å². The van der Waals surface area contributed by atoms with Crippen LogP contribution in [0.25, 0.3) is 0 Å². The van der Waals surface area contributed by atoms with Crippen LogP contribution >= 0.6 is 27.3 Å². The third-order valence-corrected chi connectivity index (χ3v) is 3.40. The van der Waals surface area contributed by atoms with Crippen LogP contribution in [0.1, 0.15) is 6.42 Å². The van der Waals surface area contributed by atoms with Gasteiger partial charge < -0.3 is 9.64 Å². The molecular weight excluding hydrogens is 278 g/mol. The van der Waals surface area contributed by atoms with E-state index in [1.54, 1.807) is 18.4 Å². The van der Waals surface area contributed by atoms with Crippen molar-refractivity contribution in [1.82, 2.24) is 4.98 Å². The summed E-state index contributed by atoms with van der Waals surface area (Å²) >= 11 is 4.87. The summed E-state index contributed by atoms with van der Waals surface area (Å²) in [5, 5.41) is 11.4. The largest absolute Gasteiger partial charge is 0.383 e. The molecule has 0 aromatic carbocycles. The minimum atomic E-state index is 0.501. The van der Waals surface area contributed by atoms with Crippen molar-refractivity contribution in [3.63, 3.8) is 0 Å². The summed E-state index contributed by atoms with van der Waals surface area (Å²) in [6.45, 7) is 2.10. The molecule has 0 aliphatic rings. The van der Waals surface area contributed by atoms with E-state index in [0.29, 0.717) is 19.6 Å². The van der Waals surface area contributed by atoms with E-state index in [1.165, 1.54) is 0 Å². The lowest BCUT2D eigenvalue weighted by molar-refractivity contribution is 0.205. The fraction of sp³-hybridized carbons (Fsp3) is 0.556. The molecule has 0 fully saturated rings. The highest BCUT2D eigenvalue weighted by Crippen LogP contribution is 2.23. The Hall–Kier alpha value is -0.640. The fourth-order valence-corrected chi connectivity index (χ4v) is 2.38. The molecule has 0 amide bonds. The summed E-state index contributed by atoms with van der Waals surface area (Å²) in [6, 6.07) is 2.13. The van der Waals surface area contributed by atoms with E-state index in [1.807, 2.05) is 5.38 Å². The summed E-state index contributed by atoms with van der Waals surface area (Å²) in [5.74, 6) is 0. The Labute approximate surface area is 102 Å². The van der Waals surface area contributed by atoms with Crippen molar-refractivity contribution in [3.8, 4) is 6.07 Å². The zero-order valence-corrected chi connectivity index (χ0v) is 10.8. The molecule has 15 heavy (non-hydrogen) atoms. The number of nitrogens with zero attached hydrogens (tertiary/aromatic N) is 3. The lowest BCUT2D eigenvalue weighted by Crippen LogP contribution is -2.27. The molecule has 1 aromatic rings. The van der Waals surface area contributed by atoms with Crippen LogP contribution in [0.4, 0.5) is 5.13 Å². The van der Waals surface area contributed by atoms with Crippen molar-refractivity contribution >= 4 is 32.4 Å². The number of halogens is 1. The van der Waals surface area contributed by atoms with Gasteiger partial charge in [0.05, 0.1) is 19.1 Å². The molecule has 4 nitrogen and oxygen atoms in total. The van der Waals surface area contributed by atoms with Crippen LogP contribution in [0.2, 0.25) is 0 Å². The van der Waals surface area contributed by atoms with E-state index >= 15 is 0 Å². The van der Waals surface area contributed by atoms with Crippen LogP contribution in [0, 0.1) is 11.3 Å². The molecule has 0 bridgehead atoms. The minimum Gasteiger partial charge on any atom is -0.383 e. The van der Waals surface area contributed by atoms with E-state index in [4.69, 9.17) is 10.00 Å². The standard InChI is InChI=1S/C9H12BrN3OS/c1-14-6-5-13(4-2-3-11)9-12-8(10)7-15-9/h7H,2,4-6H2,1H3. The van der Waals surface area contributed by atoms with Crippen LogP contribution in [0.5, 0.6) is 0 Å². The van der Waals surface area contributed by atoms with Gasteiger partial charge in [0.25, 0.3) is 0 Å². The molecule has 0 atom stereocenters. The average molecular weight is 290 g/mol. The lowest BCUT2D eigenvalue weighted by atomic mass is 10.4. The number of ether oxygens (including phenoxy) is 1. The van der Waals surface area contributed by atoms with Crippen LogP contribution in [0.15, 0.2) is 9.98 Å². The molecule has 0 N–H and O–H groups in total. The number of aromatic nitrogens is 1. The summed E-state index contributed by atoms with van der Waals surface area (Å²) in [6.07, 6.45) is 0.501. The number of methoxy groups -OCH3 is 1. The molecular formula is C9H12BrN3OS. The molecule has 0 aliphatic heterocycles. The quantitative estimate of drug-likeness (QED) is 0.806. The Morgan fingerprint density at radius 1 is 1.67 bits per heavy atom. The topological polar surface area (TPSA) is 49.1 Å². The van der Waals surface area contributed by atoms with Gasteiger partial charge in [-0.1, -0.05) is 0 Å². The van der Waals surface area contributed by atoms with E-state index in [0.717, 1.165) is 16.3 Å². The number of anilines is 1. The number of hydrogen-bond donors (Lipinski definition) is 0. The zero-order chi connectivity index (χ0) is 11.1. The second kappa shape index (κ2) is 6.77. The molecule has 1 rings (SSSR count). The van der Waals surface area contributed by atoms with Gasteiger partial charge in [-0.2, -0.15) is 5.26 Å². The predicted octanol–water partition coefficient (Wildman–Crippen LogP) is 2.27. The monoisotopic (exact) mass is 289 g/mol. The fourth-order valence-electron chi connectivity index (χ4n) is 1.08. The summed E-state index contributed by atoms with van der Waals surface area (Å²) in [7, 11) is 1.67. The second-order valence-corrected chi connectivity index (χ2v) is 4.49. The first-order chi connectivity index (χ1) is 7.27. The van der Waals surface area contributed by atoms with Gasteiger partial charge in [0.1, 0.15) is 4.60 Å². The van der Waals surface area contributed by atoms with Gasteiger partial charge in [0.2, 0.25) is 0 Å². The molecule has 0 radical (unpaired) electrons. The second-order valence-electron chi connectivity index (χ2n) is 2.84. The Morgan fingerprint density at radius 3 is 3.00 bits per heavy atom. The van der Waals surface area contributed by atoms with E-state index in [2.05, 4.69) is 31.9 Å². The van der Waals surface area contributed by atoms with Crippen LogP contribution in [-0.2, 0) is 4.74 Å². The Balaban J connectivity index is 2.59. The van der Waals surface area contributed by atoms with Crippen molar-refractivity contribution < 1.29 is 4.74 Å². The Morgan fingerprint density at radius 2 is 2.47 bits per heavy atom. The van der Waals surface area contributed by atoms with Gasteiger partial charge in [0, 0.05) is 25.6 Å². The first kappa shape index (κ1) is 12.4. The average Bonchev–Trinajstić information content (AvgIpc) is 2.65. The summed E-state index contributed by atoms with van der Waals surface area (Å²) in [4.78, 5) is 6.37. The van der Waals surface area contributed by atoms with Crippen molar-refractivity contribution in [2.75, 3.05) is 31.7 Å². The van der Waals surface area contributed by atoms with Crippen molar-refractivity contribution in [2.24, 2.45) is 0 Å². The van der Waals surface area contributed by atoms with E-state index < -0.39 is 0 Å². The van der Waals surface area contributed by atoms with Crippen LogP contribution in [0.3, 0.4) is 0 Å². The normalized spacial score (nSPS) is 9.93. The summed E-state index contributed by atoms with van der Waals surface area (Å²) in [5.41, 5.74) is 0. The Bertz CT molecular complexity index is 336. The maximum Gasteiger partial charge on any atom is 0.186 e. The molecule has 1 aromatic heterocycles. The van der Waals surface area contributed by atoms with Gasteiger partial charge in [-0.15, -0.1) is 11.3 Å². The van der Waals surface area contributed by atoms with Gasteiger partial charge in [-0.25, -0.2) is 4.98 Å². The van der Waals surface area contributed by atoms with Crippen LogP contribution in [-0.4, -0.2) is 31.8 Å². The Kier molecular flexibility index (Phi) is 5.61. The summed E-state index contributed by atoms with van der Waals surface area (Å²) < 4.78 is 5.86. The van der Waals surface area contributed by atoms with Gasteiger partial charge >= 0.3 is 0 Å². The van der Waals surface area contributed by atoms with Gasteiger partial charge in [0.15, 0.2) is 5.13 Å². The van der Waals surface area contributed by atoms with E-state index in [9.17, 15) is 0 Å². The van der Waals surface area contributed by atoms with Gasteiger partial charge in [-0.3, -0.25) is 0 Å². The molecule has 0 spiro atoms. The predicted molar refractivity (Wildman–Crippen MR) is 64.1 cm³/mol. The molecule has 82 valence electrons. The molecule has 0 saturated carbocycles. The highest BCUT2D eigenvalue weighted by molar-refractivity contribution is 9.10. The van der Waals surface area contributed by atoms with Crippen LogP contribution < -0.4 is 4.90 Å². The van der Waals surface area contributed by atoms with Crippen molar-refractivity contribution in [3.05, 3.63) is 9.98 Å². The number of nitriles is 1. The molecule has 1 heterocycles. The third kappa shape index (κ3) is 4.16. The number of rotatable bonds is 6. The molecule has 6 heteroatoms. The van der Waals surface area contributed by atoms with Gasteiger partial charge in [-0.05, 0) is 15.9 Å². The SMILES string of the molecule is COCCN(CCC#N)c1nc(Br)cs1. The highest BCUT2D eigenvalue weighted by atomic mass is 79.9. The lowest BCUT2D eigenvalue weighted by Gasteiger charge is -2.19. The van der Waals surface area contributed by atoms with Crippen molar-refractivity contribution in [1.29, 1.82) is 5.26 Å². The minimum absolute atomic E-state index is 0.501. The first-order valence-electron chi connectivity index (χ1n) is 4.49. The molecule has 0 saturated heterocycles. The van der Waals surface area contributed by atoms with Crippen molar-refractivity contribution in [2.45, 2.75) is 6.42 Å². The zero-order valence-electron chi connectivity index (χ0n) is 8.44. The smallest absolute Gasteiger partial charge is 0.186 e. The maximum absolute atomic E-state index is 8.56. The first-order valence-corrected chi connectivity index (χ1v) is 6.17.